The van der Waals surface area contributed by atoms with Gasteiger partial charge in [-0.15, -0.1) is 0 Å². The number of ether oxygens (including phenoxy) is 1. The molecule has 0 saturated carbocycles. The van der Waals surface area contributed by atoms with E-state index in [2.05, 4.69) is 15.3 Å². The van der Waals surface area contributed by atoms with E-state index in [9.17, 15) is 9.18 Å². The van der Waals surface area contributed by atoms with Crippen molar-refractivity contribution in [3.63, 3.8) is 0 Å². The van der Waals surface area contributed by atoms with Crippen molar-refractivity contribution >= 4 is 17.6 Å². The first kappa shape index (κ1) is 17.2. The molecule has 21 heavy (non-hydrogen) atoms. The van der Waals surface area contributed by atoms with E-state index < -0.39 is 17.8 Å². The van der Waals surface area contributed by atoms with E-state index in [-0.39, 0.29) is 23.7 Å². The summed E-state index contributed by atoms with van der Waals surface area (Å²) in [5.41, 5.74) is 8.24. The van der Waals surface area contributed by atoms with Crippen LogP contribution in [0, 0.1) is 5.82 Å². The molecule has 1 aromatic rings. The fourth-order valence-electron chi connectivity index (χ4n) is 1.76. The predicted octanol–water partition coefficient (Wildman–Crippen LogP) is 3.37. The molecular weight excluding hydrogens is 299 g/mol. The number of azide groups is 1. The van der Waals surface area contributed by atoms with Gasteiger partial charge in [0.1, 0.15) is 11.9 Å². The number of hydrogen-bond acceptors (Lipinski definition) is 4. The summed E-state index contributed by atoms with van der Waals surface area (Å²) in [7, 11) is 0. The average molecular weight is 315 g/mol. The van der Waals surface area contributed by atoms with E-state index in [1.807, 2.05) is 0 Å². The number of esters is 1. The molecule has 0 radical (unpaired) electrons. The number of nitrogens with one attached hydrogen (secondary N) is 1. The molecule has 1 rings (SSSR count). The minimum Gasteiger partial charge on any atom is -0.465 e. The Morgan fingerprint density at radius 2 is 2.38 bits per heavy atom. The lowest BCUT2D eigenvalue weighted by Crippen LogP contribution is -2.32. The Hall–Kier alpha value is -1.82. The zero-order valence-corrected chi connectivity index (χ0v) is 12.3. The number of hydrogen-bond donors (Lipinski definition) is 1. The van der Waals surface area contributed by atoms with Crippen LogP contribution in [0.1, 0.15) is 24.9 Å². The second-order valence-electron chi connectivity index (χ2n) is 4.08. The van der Waals surface area contributed by atoms with Gasteiger partial charge in [0.05, 0.1) is 6.61 Å². The zero-order valence-electron chi connectivity index (χ0n) is 11.6. The molecule has 1 atom stereocenters. The number of benzene rings is 1. The largest absolute Gasteiger partial charge is 0.465 e. The highest BCUT2D eigenvalue weighted by Crippen LogP contribution is 2.26. The molecule has 1 N–H and O–H groups in total. The van der Waals surface area contributed by atoms with Gasteiger partial charge < -0.3 is 10.1 Å². The number of carbonyl (C=O) groups is 1. The third-order valence-corrected chi connectivity index (χ3v) is 2.99. The summed E-state index contributed by atoms with van der Waals surface area (Å²) in [6.45, 7) is 2.48. The molecule has 0 spiro atoms. The van der Waals surface area contributed by atoms with Gasteiger partial charge in [0.25, 0.3) is 0 Å². The normalized spacial score (nSPS) is 11.6. The number of carbonyl (C=O) groups excluding carboxylic acids is 1. The lowest BCUT2D eigenvalue weighted by Gasteiger charge is -2.19. The molecule has 0 fully saturated rings. The lowest BCUT2D eigenvalue weighted by atomic mass is 10.1. The van der Waals surface area contributed by atoms with Gasteiger partial charge in [-0.05, 0) is 37.6 Å². The van der Waals surface area contributed by atoms with Gasteiger partial charge >= 0.3 is 5.97 Å². The second-order valence-corrected chi connectivity index (χ2v) is 4.49. The van der Waals surface area contributed by atoms with Gasteiger partial charge in [-0.25, -0.2) is 9.18 Å². The van der Waals surface area contributed by atoms with Crippen molar-refractivity contribution in [2.24, 2.45) is 5.11 Å². The molecule has 1 unspecified atom stereocenters. The first-order chi connectivity index (χ1) is 10.1. The molecule has 0 bridgehead atoms. The molecule has 0 aliphatic carbocycles. The van der Waals surface area contributed by atoms with Crippen molar-refractivity contribution in [2.75, 3.05) is 19.7 Å². The first-order valence-corrected chi connectivity index (χ1v) is 6.84. The minimum atomic E-state index is -0.996. The first-order valence-electron chi connectivity index (χ1n) is 6.46. The van der Waals surface area contributed by atoms with Gasteiger partial charge in [0, 0.05) is 22.0 Å². The molecule has 0 heterocycles. The lowest BCUT2D eigenvalue weighted by molar-refractivity contribution is -0.145. The van der Waals surface area contributed by atoms with E-state index >= 15 is 0 Å². The number of nitrogens with zero attached hydrogens (tertiary/aromatic N) is 3. The Bertz CT molecular complexity index is 515. The van der Waals surface area contributed by atoms with Crippen molar-refractivity contribution in [1.82, 2.24) is 5.32 Å². The topological polar surface area (TPSA) is 87.1 Å². The van der Waals surface area contributed by atoms with Crippen molar-refractivity contribution < 1.29 is 13.9 Å². The molecule has 0 aromatic heterocycles. The maximum absolute atomic E-state index is 13.9. The second kappa shape index (κ2) is 9.18. The van der Waals surface area contributed by atoms with Gasteiger partial charge in [-0.1, -0.05) is 22.8 Å². The maximum Gasteiger partial charge on any atom is 0.327 e. The molecule has 8 heteroatoms. The van der Waals surface area contributed by atoms with Crippen molar-refractivity contribution in [1.29, 1.82) is 0 Å². The molecule has 114 valence electrons. The van der Waals surface area contributed by atoms with Crippen LogP contribution in [0.25, 0.3) is 10.4 Å². The van der Waals surface area contributed by atoms with E-state index in [1.165, 1.54) is 18.2 Å². The van der Waals surface area contributed by atoms with E-state index in [4.69, 9.17) is 21.9 Å². The highest BCUT2D eigenvalue weighted by molar-refractivity contribution is 6.31. The van der Waals surface area contributed by atoms with Crippen LogP contribution in [0.5, 0.6) is 0 Å². The third kappa shape index (κ3) is 5.23. The standard InChI is InChI=1S/C13H16ClFN4O2/c1-2-21-13(20)12(17-7-4-8-18-19-16)11-9(14)5-3-6-10(11)15/h3,5-6,12,17H,2,4,7-8H2,1H3. The Kier molecular flexibility index (Phi) is 7.53. The number of rotatable bonds is 8. The molecule has 0 aliphatic heterocycles. The molecule has 1 aromatic carbocycles. The van der Waals surface area contributed by atoms with Crippen molar-refractivity contribution in [3.8, 4) is 0 Å². The fourth-order valence-corrected chi connectivity index (χ4v) is 2.03. The van der Waals surface area contributed by atoms with Crippen LogP contribution in [0.3, 0.4) is 0 Å². The minimum absolute atomic E-state index is 0.0569. The Labute approximate surface area is 126 Å². The van der Waals surface area contributed by atoms with Crippen LogP contribution >= 0.6 is 11.6 Å². The van der Waals surface area contributed by atoms with Crippen molar-refractivity contribution in [3.05, 3.63) is 45.0 Å². The van der Waals surface area contributed by atoms with Crippen LogP contribution in [-0.4, -0.2) is 25.7 Å². The molecule has 0 saturated heterocycles. The number of halogens is 2. The zero-order chi connectivity index (χ0) is 15.7. The molecule has 0 amide bonds. The summed E-state index contributed by atoms with van der Waals surface area (Å²) in [5, 5.41) is 6.41. The van der Waals surface area contributed by atoms with Gasteiger partial charge in [0.2, 0.25) is 0 Å². The maximum atomic E-state index is 13.9. The predicted molar refractivity (Wildman–Crippen MR) is 77.4 cm³/mol. The quantitative estimate of drug-likeness (QED) is 0.262. The van der Waals surface area contributed by atoms with E-state index in [1.54, 1.807) is 6.92 Å². The average Bonchev–Trinajstić information content (AvgIpc) is 2.45. The highest BCUT2D eigenvalue weighted by Gasteiger charge is 2.26. The molecule has 0 aliphatic rings. The van der Waals surface area contributed by atoms with Gasteiger partial charge in [-0.3, -0.25) is 0 Å². The van der Waals surface area contributed by atoms with E-state index in [0.717, 1.165) is 0 Å². The smallest absolute Gasteiger partial charge is 0.327 e. The van der Waals surface area contributed by atoms with Gasteiger partial charge in [0.15, 0.2) is 0 Å². The van der Waals surface area contributed by atoms with Crippen LogP contribution in [0.15, 0.2) is 23.3 Å². The highest BCUT2D eigenvalue weighted by atomic mass is 35.5. The monoisotopic (exact) mass is 314 g/mol. The van der Waals surface area contributed by atoms with Crippen LogP contribution < -0.4 is 5.32 Å². The third-order valence-electron chi connectivity index (χ3n) is 2.66. The van der Waals surface area contributed by atoms with Gasteiger partial charge in [-0.2, -0.15) is 0 Å². The van der Waals surface area contributed by atoms with E-state index in [0.29, 0.717) is 13.0 Å². The van der Waals surface area contributed by atoms with Crippen LogP contribution in [-0.2, 0) is 9.53 Å². The Balaban J connectivity index is 2.86. The summed E-state index contributed by atoms with van der Waals surface area (Å²) in [6, 6.07) is 3.21. The molecular formula is C13H16ClFN4O2. The SMILES string of the molecule is CCOC(=O)C(NCCCN=[N+]=[N-])c1c(F)cccc1Cl. The summed E-state index contributed by atoms with van der Waals surface area (Å²) < 4.78 is 18.9. The van der Waals surface area contributed by atoms with Crippen LogP contribution in [0.2, 0.25) is 5.02 Å². The summed E-state index contributed by atoms with van der Waals surface area (Å²) in [4.78, 5) is 14.6. The van der Waals surface area contributed by atoms with Crippen molar-refractivity contribution in [2.45, 2.75) is 19.4 Å². The Morgan fingerprint density at radius 1 is 1.62 bits per heavy atom. The summed E-state index contributed by atoms with van der Waals surface area (Å²) in [5.74, 6) is -1.18. The van der Waals surface area contributed by atoms with Crippen LogP contribution in [0.4, 0.5) is 4.39 Å². The summed E-state index contributed by atoms with van der Waals surface area (Å²) >= 11 is 5.98. The molecule has 6 nitrogen and oxygen atoms in total. The Morgan fingerprint density at radius 3 is 3.00 bits per heavy atom. The fraction of sp³-hybridized carbons (Fsp3) is 0.462. The summed E-state index contributed by atoms with van der Waals surface area (Å²) in [6.07, 6.45) is 0.506.